The molecular formula is C11H8ClFN2O4. The average molecular weight is 287 g/mol. The number of imide groups is 1. The zero-order valence-corrected chi connectivity index (χ0v) is 10.1. The minimum absolute atomic E-state index is 0.0383. The van der Waals surface area contributed by atoms with E-state index < -0.39 is 23.7 Å². The fourth-order valence-corrected chi connectivity index (χ4v) is 1.27. The first-order chi connectivity index (χ1) is 8.90. The summed E-state index contributed by atoms with van der Waals surface area (Å²) in [5.74, 6) is -3.07. The van der Waals surface area contributed by atoms with Crippen molar-refractivity contribution in [3.8, 4) is 0 Å². The van der Waals surface area contributed by atoms with Crippen LogP contribution in [0.2, 0.25) is 5.02 Å². The summed E-state index contributed by atoms with van der Waals surface area (Å²) in [6.07, 6.45) is 1.20. The number of carbonyl (C=O) groups is 3. The Morgan fingerprint density at radius 3 is 2.53 bits per heavy atom. The highest BCUT2D eigenvalue weighted by Crippen LogP contribution is 2.24. The molecule has 0 spiro atoms. The Bertz CT molecular complexity index is 539. The van der Waals surface area contributed by atoms with E-state index in [1.165, 1.54) is 12.1 Å². The molecule has 0 fully saturated rings. The van der Waals surface area contributed by atoms with Crippen LogP contribution in [0.5, 0.6) is 0 Å². The van der Waals surface area contributed by atoms with Gasteiger partial charge in [-0.1, -0.05) is 17.7 Å². The lowest BCUT2D eigenvalue weighted by Crippen LogP contribution is -2.33. The number of amides is 3. The summed E-state index contributed by atoms with van der Waals surface area (Å²) < 4.78 is 13.3. The zero-order chi connectivity index (χ0) is 14.4. The van der Waals surface area contributed by atoms with Crippen molar-refractivity contribution in [2.45, 2.75) is 0 Å². The molecule has 3 N–H and O–H groups in total. The van der Waals surface area contributed by atoms with Crippen LogP contribution in [0.3, 0.4) is 0 Å². The molecule has 19 heavy (non-hydrogen) atoms. The van der Waals surface area contributed by atoms with Crippen molar-refractivity contribution in [3.63, 3.8) is 0 Å². The van der Waals surface area contributed by atoms with Gasteiger partial charge >= 0.3 is 12.0 Å². The number of hydrogen-bond acceptors (Lipinski definition) is 3. The monoisotopic (exact) mass is 286 g/mol. The molecule has 6 nitrogen and oxygen atoms in total. The number of rotatable bonds is 3. The second-order valence-electron chi connectivity index (χ2n) is 3.21. The lowest BCUT2D eigenvalue weighted by Gasteiger charge is -2.07. The van der Waals surface area contributed by atoms with Gasteiger partial charge in [-0.25, -0.2) is 14.0 Å². The van der Waals surface area contributed by atoms with Crippen LogP contribution in [0, 0.1) is 5.82 Å². The minimum atomic E-state index is -1.34. The normalized spacial score (nSPS) is 10.2. The van der Waals surface area contributed by atoms with Gasteiger partial charge in [0.05, 0.1) is 10.7 Å². The molecule has 8 heteroatoms. The van der Waals surface area contributed by atoms with Crippen molar-refractivity contribution in [2.75, 3.05) is 5.32 Å². The van der Waals surface area contributed by atoms with E-state index in [1.54, 1.807) is 5.32 Å². The van der Waals surface area contributed by atoms with E-state index in [2.05, 4.69) is 0 Å². The summed E-state index contributed by atoms with van der Waals surface area (Å²) in [4.78, 5) is 32.5. The molecule has 1 rings (SSSR count). The number of carboxylic acid groups (broad SMARTS) is 1. The molecule has 0 aromatic heterocycles. The first kappa shape index (κ1) is 14.7. The molecule has 0 saturated heterocycles. The number of nitrogens with one attached hydrogen (secondary N) is 2. The zero-order valence-electron chi connectivity index (χ0n) is 9.31. The molecule has 3 amide bonds. The molecule has 1 aromatic rings. The Labute approximate surface area is 111 Å². The second kappa shape index (κ2) is 6.50. The SMILES string of the molecule is O=C(O)/C=C/C(=O)NC(=O)Nc1c(F)cccc1Cl. The van der Waals surface area contributed by atoms with Crippen LogP contribution in [-0.2, 0) is 9.59 Å². The number of halogens is 2. The third-order valence-electron chi connectivity index (χ3n) is 1.82. The van der Waals surface area contributed by atoms with Crippen LogP contribution < -0.4 is 10.6 Å². The van der Waals surface area contributed by atoms with Crippen LogP contribution in [0.25, 0.3) is 0 Å². The highest BCUT2D eigenvalue weighted by atomic mass is 35.5. The van der Waals surface area contributed by atoms with Gasteiger partial charge in [0.1, 0.15) is 5.82 Å². The third-order valence-corrected chi connectivity index (χ3v) is 2.13. The van der Waals surface area contributed by atoms with E-state index in [0.29, 0.717) is 12.2 Å². The van der Waals surface area contributed by atoms with Gasteiger partial charge in [-0.2, -0.15) is 0 Å². The van der Waals surface area contributed by atoms with Gasteiger partial charge in [0.25, 0.3) is 5.91 Å². The van der Waals surface area contributed by atoms with Gasteiger partial charge in [0, 0.05) is 12.2 Å². The number of anilines is 1. The molecule has 0 aliphatic carbocycles. The lowest BCUT2D eigenvalue weighted by atomic mass is 10.3. The maximum atomic E-state index is 13.3. The summed E-state index contributed by atoms with van der Waals surface area (Å²) >= 11 is 5.65. The number of carbonyl (C=O) groups excluding carboxylic acids is 2. The van der Waals surface area contributed by atoms with Crippen LogP contribution in [0.1, 0.15) is 0 Å². The van der Waals surface area contributed by atoms with Gasteiger partial charge in [-0.3, -0.25) is 10.1 Å². The number of urea groups is 1. The topological polar surface area (TPSA) is 95.5 Å². The Hall–Kier alpha value is -2.41. The van der Waals surface area contributed by atoms with Gasteiger partial charge in [0.2, 0.25) is 0 Å². The molecule has 100 valence electrons. The Kier molecular flexibility index (Phi) is 5.01. The Balaban J connectivity index is 2.66. The van der Waals surface area contributed by atoms with Gasteiger partial charge in [0.15, 0.2) is 0 Å². The number of benzene rings is 1. The van der Waals surface area contributed by atoms with E-state index >= 15 is 0 Å². The molecule has 0 unspecified atom stereocenters. The van der Waals surface area contributed by atoms with Crippen LogP contribution in [0.4, 0.5) is 14.9 Å². The van der Waals surface area contributed by atoms with E-state index in [0.717, 1.165) is 6.07 Å². The van der Waals surface area contributed by atoms with E-state index in [9.17, 15) is 18.8 Å². The molecule has 0 bridgehead atoms. The Morgan fingerprint density at radius 2 is 1.95 bits per heavy atom. The van der Waals surface area contributed by atoms with Crippen molar-refractivity contribution in [2.24, 2.45) is 0 Å². The van der Waals surface area contributed by atoms with E-state index in [-0.39, 0.29) is 10.7 Å². The minimum Gasteiger partial charge on any atom is -0.478 e. The summed E-state index contributed by atoms with van der Waals surface area (Å²) in [7, 11) is 0. The molecule has 0 heterocycles. The number of carboxylic acids is 1. The van der Waals surface area contributed by atoms with Crippen LogP contribution in [0.15, 0.2) is 30.4 Å². The van der Waals surface area contributed by atoms with Crippen molar-refractivity contribution < 1.29 is 23.9 Å². The molecule has 0 saturated carbocycles. The third kappa shape index (κ3) is 4.76. The largest absolute Gasteiger partial charge is 0.478 e. The fraction of sp³-hybridized carbons (Fsp3) is 0. The predicted octanol–water partition coefficient (Wildman–Crippen LogP) is 1.77. The quantitative estimate of drug-likeness (QED) is 0.738. The fourth-order valence-electron chi connectivity index (χ4n) is 1.06. The number of aliphatic carboxylic acids is 1. The summed E-state index contributed by atoms with van der Waals surface area (Å²) in [5.41, 5.74) is -0.281. The van der Waals surface area contributed by atoms with Crippen LogP contribution >= 0.6 is 11.6 Å². The van der Waals surface area contributed by atoms with Gasteiger partial charge in [-0.05, 0) is 12.1 Å². The number of hydrogen-bond donors (Lipinski definition) is 3. The summed E-state index contributed by atoms with van der Waals surface area (Å²) in [6.45, 7) is 0. The second-order valence-corrected chi connectivity index (χ2v) is 3.62. The van der Waals surface area contributed by atoms with Crippen molar-refractivity contribution in [1.82, 2.24) is 5.32 Å². The molecule has 1 aromatic carbocycles. The maximum absolute atomic E-state index is 13.3. The first-order valence-corrected chi connectivity index (χ1v) is 5.25. The summed E-state index contributed by atoms with van der Waals surface area (Å²) in [5, 5.41) is 12.0. The molecule has 0 radical (unpaired) electrons. The van der Waals surface area contributed by atoms with E-state index in [1.807, 2.05) is 5.32 Å². The lowest BCUT2D eigenvalue weighted by molar-refractivity contribution is -0.131. The van der Waals surface area contributed by atoms with Crippen LogP contribution in [-0.4, -0.2) is 23.0 Å². The van der Waals surface area contributed by atoms with Crippen molar-refractivity contribution in [1.29, 1.82) is 0 Å². The van der Waals surface area contributed by atoms with Crippen molar-refractivity contribution in [3.05, 3.63) is 41.2 Å². The van der Waals surface area contributed by atoms with Gasteiger partial charge in [-0.15, -0.1) is 0 Å². The highest BCUT2D eigenvalue weighted by Gasteiger charge is 2.11. The maximum Gasteiger partial charge on any atom is 0.328 e. The highest BCUT2D eigenvalue weighted by molar-refractivity contribution is 6.33. The average Bonchev–Trinajstić information content (AvgIpc) is 2.31. The summed E-state index contributed by atoms with van der Waals surface area (Å²) in [6, 6.07) is 2.74. The molecule has 0 aliphatic heterocycles. The first-order valence-electron chi connectivity index (χ1n) is 4.87. The molecule has 0 aliphatic rings. The van der Waals surface area contributed by atoms with Gasteiger partial charge < -0.3 is 10.4 Å². The smallest absolute Gasteiger partial charge is 0.328 e. The van der Waals surface area contributed by atoms with Crippen molar-refractivity contribution >= 4 is 35.2 Å². The Morgan fingerprint density at radius 1 is 1.26 bits per heavy atom. The molecule has 0 atom stereocenters. The predicted molar refractivity (Wildman–Crippen MR) is 65.3 cm³/mol. The van der Waals surface area contributed by atoms with E-state index in [4.69, 9.17) is 16.7 Å². The molecular weight excluding hydrogens is 279 g/mol. The standard InChI is InChI=1S/C11H8ClFN2O4/c12-6-2-1-3-7(13)10(6)15-11(19)14-8(16)4-5-9(17)18/h1-5H,(H,17,18)(H2,14,15,16,19)/b5-4+. The number of para-hydroxylation sites is 1.